The Morgan fingerprint density at radius 3 is 3.00 bits per heavy atom. The van der Waals surface area contributed by atoms with Gasteiger partial charge in [0.05, 0.1) is 0 Å². The lowest BCUT2D eigenvalue weighted by molar-refractivity contribution is 0.174. The highest BCUT2D eigenvalue weighted by Gasteiger charge is 2.23. The van der Waals surface area contributed by atoms with Gasteiger partial charge in [-0.3, -0.25) is 0 Å². The number of ether oxygens (including phenoxy) is 1. The van der Waals surface area contributed by atoms with Gasteiger partial charge in [0.1, 0.15) is 16.9 Å². The molecule has 0 aliphatic heterocycles. The summed E-state index contributed by atoms with van der Waals surface area (Å²) < 4.78 is 6.71. The first-order valence-corrected chi connectivity index (χ1v) is 7.30. The smallest absolute Gasteiger partial charge is 0.233 e. The van der Waals surface area contributed by atoms with Gasteiger partial charge in [0, 0.05) is 0 Å². The number of nitrogens with zero attached hydrogens (tertiary/aromatic N) is 2. The zero-order valence-electron chi connectivity index (χ0n) is 10.8. The predicted octanol–water partition coefficient (Wildman–Crippen LogP) is 2.98. The van der Waals surface area contributed by atoms with E-state index < -0.39 is 0 Å². The molecular formula is C14H15BrN4O. The monoisotopic (exact) mass is 334 g/mol. The lowest BCUT2D eigenvalue weighted by Gasteiger charge is -2.26. The lowest BCUT2D eigenvalue weighted by Crippen LogP contribution is -2.16. The van der Waals surface area contributed by atoms with Crippen LogP contribution in [0.15, 0.2) is 35.1 Å². The predicted molar refractivity (Wildman–Crippen MR) is 80.3 cm³/mol. The van der Waals surface area contributed by atoms with Crippen LogP contribution in [0.4, 0.5) is 5.82 Å². The van der Waals surface area contributed by atoms with Gasteiger partial charge in [-0.2, -0.15) is 0 Å². The third kappa shape index (κ3) is 2.48. The molecule has 0 saturated carbocycles. The van der Waals surface area contributed by atoms with E-state index in [0.717, 1.165) is 19.3 Å². The number of benzene rings is 1. The number of aryl methyl sites for hydroxylation is 1. The van der Waals surface area contributed by atoms with Crippen molar-refractivity contribution in [2.24, 2.45) is 5.84 Å². The second kappa shape index (κ2) is 5.76. The summed E-state index contributed by atoms with van der Waals surface area (Å²) in [4.78, 5) is 8.20. The first kappa shape index (κ1) is 13.3. The highest BCUT2D eigenvalue weighted by atomic mass is 79.9. The van der Waals surface area contributed by atoms with Crippen molar-refractivity contribution in [3.05, 3.63) is 46.2 Å². The van der Waals surface area contributed by atoms with Gasteiger partial charge in [0.15, 0.2) is 5.82 Å². The molecule has 1 aromatic heterocycles. The molecule has 1 heterocycles. The number of anilines is 1. The maximum absolute atomic E-state index is 6.06. The van der Waals surface area contributed by atoms with Gasteiger partial charge < -0.3 is 10.2 Å². The van der Waals surface area contributed by atoms with Crippen molar-refractivity contribution in [2.75, 3.05) is 5.43 Å². The molecule has 1 aliphatic carbocycles. The molecule has 0 bridgehead atoms. The molecular weight excluding hydrogens is 320 g/mol. The van der Waals surface area contributed by atoms with Gasteiger partial charge in [-0.05, 0) is 46.3 Å². The van der Waals surface area contributed by atoms with E-state index in [-0.39, 0.29) is 6.10 Å². The number of nitrogens with two attached hydrogens (primary N) is 1. The van der Waals surface area contributed by atoms with Gasteiger partial charge >= 0.3 is 0 Å². The Kier molecular flexibility index (Phi) is 3.84. The highest BCUT2D eigenvalue weighted by Crippen LogP contribution is 2.36. The number of hydrazine groups is 1. The molecule has 0 fully saturated rings. The van der Waals surface area contributed by atoms with Crippen LogP contribution in [0.25, 0.3) is 0 Å². The summed E-state index contributed by atoms with van der Waals surface area (Å²) in [6, 6.07) is 8.39. The van der Waals surface area contributed by atoms with E-state index >= 15 is 0 Å². The van der Waals surface area contributed by atoms with E-state index in [9.17, 15) is 0 Å². The minimum absolute atomic E-state index is 0.0248. The molecule has 2 aromatic rings. The molecule has 0 saturated heterocycles. The normalized spacial score (nSPS) is 17.4. The van der Waals surface area contributed by atoms with Gasteiger partial charge in [-0.15, -0.1) is 0 Å². The quantitative estimate of drug-likeness (QED) is 0.666. The Labute approximate surface area is 125 Å². The summed E-state index contributed by atoms with van der Waals surface area (Å²) in [5, 5.41) is 0. The minimum Gasteiger partial charge on any atom is -0.469 e. The second-order valence-corrected chi connectivity index (χ2v) is 5.48. The summed E-state index contributed by atoms with van der Waals surface area (Å²) in [6.07, 6.45) is 4.67. The fourth-order valence-corrected chi connectivity index (χ4v) is 2.92. The fourth-order valence-electron chi connectivity index (χ4n) is 2.50. The molecule has 0 radical (unpaired) electrons. The van der Waals surface area contributed by atoms with E-state index in [2.05, 4.69) is 49.5 Å². The van der Waals surface area contributed by atoms with Crippen LogP contribution in [0.3, 0.4) is 0 Å². The Morgan fingerprint density at radius 2 is 2.15 bits per heavy atom. The van der Waals surface area contributed by atoms with Crippen molar-refractivity contribution in [1.29, 1.82) is 0 Å². The lowest BCUT2D eigenvalue weighted by atomic mass is 9.89. The van der Waals surface area contributed by atoms with E-state index in [4.69, 9.17) is 10.6 Å². The van der Waals surface area contributed by atoms with Crippen molar-refractivity contribution in [3.8, 4) is 5.88 Å². The number of hydrogen-bond acceptors (Lipinski definition) is 5. The number of rotatable bonds is 3. The van der Waals surface area contributed by atoms with Crippen molar-refractivity contribution in [3.63, 3.8) is 0 Å². The summed E-state index contributed by atoms with van der Waals surface area (Å²) in [5.74, 6) is 6.43. The summed E-state index contributed by atoms with van der Waals surface area (Å²) in [5.41, 5.74) is 5.11. The van der Waals surface area contributed by atoms with Crippen LogP contribution in [0.1, 0.15) is 30.1 Å². The van der Waals surface area contributed by atoms with Gasteiger partial charge in [-0.1, -0.05) is 24.3 Å². The van der Waals surface area contributed by atoms with Gasteiger partial charge in [-0.25, -0.2) is 15.8 Å². The Hall–Kier alpha value is -1.66. The molecule has 5 nitrogen and oxygen atoms in total. The third-order valence-electron chi connectivity index (χ3n) is 3.46. The standard InChI is InChI=1S/C14H15BrN4O/c15-12-13(19-16)17-8-18-14(12)20-11-7-3-5-9-4-1-2-6-10(9)11/h1-2,4,6,8,11H,3,5,7,16H2,(H,17,18,19). The van der Waals surface area contributed by atoms with Crippen LogP contribution in [-0.2, 0) is 6.42 Å². The van der Waals surface area contributed by atoms with Crippen LogP contribution in [-0.4, -0.2) is 9.97 Å². The number of nitrogen functional groups attached to an aromatic ring is 1. The van der Waals surface area contributed by atoms with Crippen LogP contribution < -0.4 is 16.0 Å². The fraction of sp³-hybridized carbons (Fsp3) is 0.286. The average Bonchev–Trinajstić information content (AvgIpc) is 2.50. The molecule has 6 heteroatoms. The highest BCUT2D eigenvalue weighted by molar-refractivity contribution is 9.10. The Balaban J connectivity index is 1.90. The SMILES string of the molecule is NNc1ncnc(OC2CCCc3ccccc32)c1Br. The molecule has 1 unspecified atom stereocenters. The van der Waals surface area contributed by atoms with E-state index in [0.29, 0.717) is 16.2 Å². The van der Waals surface area contributed by atoms with Crippen LogP contribution >= 0.6 is 15.9 Å². The first-order chi connectivity index (χ1) is 9.79. The van der Waals surface area contributed by atoms with E-state index in [1.807, 2.05) is 6.07 Å². The average molecular weight is 335 g/mol. The third-order valence-corrected chi connectivity index (χ3v) is 4.18. The van der Waals surface area contributed by atoms with Crippen molar-refractivity contribution in [1.82, 2.24) is 9.97 Å². The van der Waals surface area contributed by atoms with Gasteiger partial charge in [0.2, 0.25) is 5.88 Å². The maximum atomic E-state index is 6.06. The number of fused-ring (bicyclic) bond motifs is 1. The van der Waals surface area contributed by atoms with Crippen molar-refractivity contribution < 1.29 is 4.74 Å². The summed E-state index contributed by atoms with van der Waals surface area (Å²) in [6.45, 7) is 0. The zero-order chi connectivity index (χ0) is 13.9. The molecule has 1 aliphatic rings. The summed E-state index contributed by atoms with van der Waals surface area (Å²) in [7, 11) is 0. The molecule has 0 amide bonds. The maximum Gasteiger partial charge on any atom is 0.233 e. The molecule has 0 spiro atoms. The number of halogens is 1. The molecule has 3 rings (SSSR count). The number of aromatic nitrogens is 2. The molecule has 20 heavy (non-hydrogen) atoms. The summed E-state index contributed by atoms with van der Waals surface area (Å²) >= 11 is 3.42. The van der Waals surface area contributed by atoms with Crippen LogP contribution in [0, 0.1) is 0 Å². The van der Waals surface area contributed by atoms with Gasteiger partial charge in [0.25, 0.3) is 0 Å². The number of nitrogens with one attached hydrogen (secondary N) is 1. The first-order valence-electron chi connectivity index (χ1n) is 6.51. The van der Waals surface area contributed by atoms with Crippen molar-refractivity contribution in [2.45, 2.75) is 25.4 Å². The van der Waals surface area contributed by atoms with Crippen LogP contribution in [0.2, 0.25) is 0 Å². The van der Waals surface area contributed by atoms with Crippen LogP contribution in [0.5, 0.6) is 5.88 Å². The largest absolute Gasteiger partial charge is 0.469 e. The molecule has 3 N–H and O–H groups in total. The molecule has 1 aromatic carbocycles. The minimum atomic E-state index is 0.0248. The van der Waals surface area contributed by atoms with E-state index in [1.165, 1.54) is 17.5 Å². The second-order valence-electron chi connectivity index (χ2n) is 4.68. The molecule has 1 atom stereocenters. The topological polar surface area (TPSA) is 73.1 Å². The Bertz CT molecular complexity index is 620. The van der Waals surface area contributed by atoms with Crippen molar-refractivity contribution >= 4 is 21.7 Å². The van der Waals surface area contributed by atoms with E-state index in [1.54, 1.807) is 0 Å². The zero-order valence-corrected chi connectivity index (χ0v) is 12.4. The molecule has 104 valence electrons. The Morgan fingerprint density at radius 1 is 1.30 bits per heavy atom. The number of hydrogen-bond donors (Lipinski definition) is 2.